The number of rotatable bonds is 6. The van der Waals surface area contributed by atoms with E-state index in [2.05, 4.69) is 41.9 Å². The summed E-state index contributed by atoms with van der Waals surface area (Å²) in [6, 6.07) is 12.1. The fourth-order valence-electron chi connectivity index (χ4n) is 4.35. The average Bonchev–Trinajstić information content (AvgIpc) is 2.72. The summed E-state index contributed by atoms with van der Waals surface area (Å²) in [5.74, 6) is 1.65. The van der Waals surface area contributed by atoms with Crippen molar-refractivity contribution in [1.29, 1.82) is 0 Å². The molecule has 1 spiro atoms. The minimum Gasteiger partial charge on any atom is -0.493 e. The molecule has 1 amide bonds. The van der Waals surface area contributed by atoms with Crippen LogP contribution >= 0.6 is 0 Å². The minimum absolute atomic E-state index is 0.113. The Kier molecular flexibility index (Phi) is 5.86. The first kappa shape index (κ1) is 19.9. The molecule has 29 heavy (non-hydrogen) atoms. The monoisotopic (exact) mass is 393 g/mol. The fraction of sp³-hybridized carbons (Fsp3) is 0.500. The Morgan fingerprint density at radius 3 is 2.59 bits per heavy atom. The maximum atomic E-state index is 12.6. The first-order valence-electron chi connectivity index (χ1n) is 10.7. The molecule has 0 saturated carbocycles. The van der Waals surface area contributed by atoms with Gasteiger partial charge in [0.05, 0.1) is 12.2 Å². The van der Waals surface area contributed by atoms with Gasteiger partial charge in [0.2, 0.25) is 0 Å². The summed E-state index contributed by atoms with van der Waals surface area (Å²) in [7, 11) is 0. The fourth-order valence-corrected chi connectivity index (χ4v) is 4.35. The number of likely N-dealkylation sites (tertiary alicyclic amines) is 2. The third-order valence-corrected chi connectivity index (χ3v) is 6.10. The number of hydrogen-bond acceptors (Lipinski definition) is 4. The molecular weight excluding hydrogens is 362 g/mol. The van der Waals surface area contributed by atoms with Gasteiger partial charge < -0.3 is 9.64 Å². The molecular formula is C24H31N3O2. The Labute approximate surface area is 173 Å². The van der Waals surface area contributed by atoms with E-state index in [0.717, 1.165) is 57.9 Å². The van der Waals surface area contributed by atoms with Crippen LogP contribution in [0, 0.1) is 11.3 Å². The molecule has 154 valence electrons. The highest BCUT2D eigenvalue weighted by Crippen LogP contribution is 2.41. The van der Waals surface area contributed by atoms with E-state index in [0.29, 0.717) is 16.9 Å². The van der Waals surface area contributed by atoms with Gasteiger partial charge in [-0.3, -0.25) is 14.7 Å². The number of para-hydroxylation sites is 1. The molecule has 0 N–H and O–H groups in total. The van der Waals surface area contributed by atoms with E-state index in [-0.39, 0.29) is 5.91 Å². The number of ether oxygens (including phenoxy) is 1. The van der Waals surface area contributed by atoms with E-state index in [1.807, 2.05) is 23.1 Å². The van der Waals surface area contributed by atoms with Crippen LogP contribution in [0.15, 0.2) is 48.8 Å². The van der Waals surface area contributed by atoms with Crippen LogP contribution in [0.1, 0.15) is 42.6 Å². The topological polar surface area (TPSA) is 45.7 Å². The zero-order valence-electron chi connectivity index (χ0n) is 17.5. The molecule has 5 heteroatoms. The normalized spacial score (nSPS) is 18.7. The Morgan fingerprint density at radius 2 is 1.90 bits per heavy atom. The second-order valence-corrected chi connectivity index (χ2v) is 8.99. The Balaban J connectivity index is 1.28. The number of amides is 1. The predicted octanol–water partition coefficient (Wildman–Crippen LogP) is 3.85. The number of hydrogen-bond donors (Lipinski definition) is 0. The van der Waals surface area contributed by atoms with E-state index < -0.39 is 0 Å². The van der Waals surface area contributed by atoms with Crippen molar-refractivity contribution in [2.45, 2.75) is 33.2 Å². The van der Waals surface area contributed by atoms with Crippen LogP contribution in [-0.4, -0.2) is 53.5 Å². The molecule has 0 bridgehead atoms. The summed E-state index contributed by atoms with van der Waals surface area (Å²) in [4.78, 5) is 21.1. The number of piperidine rings is 1. The van der Waals surface area contributed by atoms with Crippen LogP contribution in [0.25, 0.3) is 0 Å². The van der Waals surface area contributed by atoms with Crippen molar-refractivity contribution in [2.75, 3.05) is 32.8 Å². The maximum absolute atomic E-state index is 12.6. The van der Waals surface area contributed by atoms with Crippen molar-refractivity contribution in [1.82, 2.24) is 14.8 Å². The largest absolute Gasteiger partial charge is 0.493 e. The van der Waals surface area contributed by atoms with Gasteiger partial charge in [0.15, 0.2) is 0 Å². The molecule has 0 atom stereocenters. The highest BCUT2D eigenvalue weighted by molar-refractivity contribution is 5.94. The molecule has 2 aromatic rings. The summed E-state index contributed by atoms with van der Waals surface area (Å²) < 4.78 is 6.02. The van der Waals surface area contributed by atoms with Crippen molar-refractivity contribution in [3.63, 3.8) is 0 Å². The molecule has 4 rings (SSSR count). The van der Waals surface area contributed by atoms with Crippen LogP contribution < -0.4 is 4.74 Å². The summed E-state index contributed by atoms with van der Waals surface area (Å²) in [6.45, 7) is 9.94. The SMILES string of the molecule is CC(C)COc1ccccc1CN1CCC2(CC1)CN(C(=O)c1cccnc1)C2. The van der Waals surface area contributed by atoms with Gasteiger partial charge in [-0.1, -0.05) is 32.0 Å². The van der Waals surface area contributed by atoms with E-state index >= 15 is 0 Å². The number of carbonyl (C=O) groups excluding carboxylic acids is 1. The van der Waals surface area contributed by atoms with Gasteiger partial charge in [-0.25, -0.2) is 0 Å². The zero-order chi connectivity index (χ0) is 20.3. The molecule has 2 saturated heterocycles. The molecule has 0 aliphatic carbocycles. The third-order valence-electron chi connectivity index (χ3n) is 6.10. The number of nitrogens with zero attached hydrogens (tertiary/aromatic N) is 3. The van der Waals surface area contributed by atoms with Gasteiger partial charge in [-0.2, -0.15) is 0 Å². The van der Waals surface area contributed by atoms with Crippen LogP contribution in [-0.2, 0) is 6.54 Å². The Morgan fingerprint density at radius 1 is 1.14 bits per heavy atom. The third kappa shape index (κ3) is 4.61. The van der Waals surface area contributed by atoms with Crippen molar-refractivity contribution < 1.29 is 9.53 Å². The average molecular weight is 394 g/mol. The van der Waals surface area contributed by atoms with Gasteiger partial charge >= 0.3 is 0 Å². The summed E-state index contributed by atoms with van der Waals surface area (Å²) in [5, 5.41) is 0. The second-order valence-electron chi connectivity index (χ2n) is 8.99. The number of aromatic nitrogens is 1. The van der Waals surface area contributed by atoms with Crippen LogP contribution in [0.4, 0.5) is 0 Å². The molecule has 1 aromatic heterocycles. The number of benzene rings is 1. The van der Waals surface area contributed by atoms with Crippen LogP contribution in [0.5, 0.6) is 5.75 Å². The van der Waals surface area contributed by atoms with E-state index in [1.165, 1.54) is 5.56 Å². The van der Waals surface area contributed by atoms with E-state index in [4.69, 9.17) is 4.74 Å². The zero-order valence-corrected chi connectivity index (χ0v) is 17.5. The van der Waals surface area contributed by atoms with Gasteiger partial charge in [0.1, 0.15) is 5.75 Å². The molecule has 0 radical (unpaired) electrons. The predicted molar refractivity (Wildman–Crippen MR) is 114 cm³/mol. The highest BCUT2D eigenvalue weighted by atomic mass is 16.5. The molecule has 2 aliphatic rings. The number of pyridine rings is 1. The van der Waals surface area contributed by atoms with Gasteiger partial charge in [-0.15, -0.1) is 0 Å². The lowest BCUT2D eigenvalue weighted by atomic mass is 9.71. The van der Waals surface area contributed by atoms with Crippen molar-refractivity contribution in [3.8, 4) is 5.75 Å². The summed E-state index contributed by atoms with van der Waals surface area (Å²) >= 11 is 0. The molecule has 3 heterocycles. The quantitative estimate of drug-likeness (QED) is 0.748. The van der Waals surface area contributed by atoms with Crippen LogP contribution in [0.3, 0.4) is 0 Å². The molecule has 1 aromatic carbocycles. The lowest BCUT2D eigenvalue weighted by Crippen LogP contribution is -2.61. The maximum Gasteiger partial charge on any atom is 0.255 e. The molecule has 0 unspecified atom stereocenters. The lowest BCUT2D eigenvalue weighted by molar-refractivity contribution is -0.0337. The Bertz CT molecular complexity index is 821. The molecule has 5 nitrogen and oxygen atoms in total. The molecule has 2 aliphatic heterocycles. The summed E-state index contributed by atoms with van der Waals surface area (Å²) in [5.41, 5.74) is 2.27. The van der Waals surface area contributed by atoms with Crippen molar-refractivity contribution in [3.05, 3.63) is 59.9 Å². The van der Waals surface area contributed by atoms with Crippen molar-refractivity contribution in [2.24, 2.45) is 11.3 Å². The molecule has 2 fully saturated rings. The lowest BCUT2D eigenvalue weighted by Gasteiger charge is -2.54. The first-order chi connectivity index (χ1) is 14.0. The van der Waals surface area contributed by atoms with Gasteiger partial charge in [0, 0.05) is 43.0 Å². The second kappa shape index (κ2) is 8.54. The number of carbonyl (C=O) groups is 1. The van der Waals surface area contributed by atoms with Gasteiger partial charge in [0.25, 0.3) is 5.91 Å². The standard InChI is InChI=1S/C24H31N3O2/c1-19(2)16-29-22-8-4-3-6-21(22)15-26-12-9-24(10-13-26)17-27(18-24)23(28)20-7-5-11-25-14-20/h3-8,11,14,19H,9-10,12-13,15-18H2,1-2H3. The Hall–Kier alpha value is -2.40. The summed E-state index contributed by atoms with van der Waals surface area (Å²) in [6.07, 6.45) is 5.67. The minimum atomic E-state index is 0.113. The van der Waals surface area contributed by atoms with E-state index in [9.17, 15) is 4.79 Å². The van der Waals surface area contributed by atoms with E-state index in [1.54, 1.807) is 12.4 Å². The highest BCUT2D eigenvalue weighted by Gasteiger charge is 2.46. The van der Waals surface area contributed by atoms with Crippen molar-refractivity contribution >= 4 is 5.91 Å². The first-order valence-corrected chi connectivity index (χ1v) is 10.7. The van der Waals surface area contributed by atoms with Crippen LogP contribution in [0.2, 0.25) is 0 Å². The smallest absolute Gasteiger partial charge is 0.255 e. The van der Waals surface area contributed by atoms with Gasteiger partial charge in [-0.05, 0) is 50.0 Å².